The van der Waals surface area contributed by atoms with E-state index in [1.54, 1.807) is 6.07 Å². The lowest BCUT2D eigenvalue weighted by Gasteiger charge is -2.21. The molecular formula is C20H21ClFNO2. The number of amides is 1. The maximum Gasteiger partial charge on any atom is 0.228 e. The fourth-order valence-corrected chi connectivity index (χ4v) is 3.63. The highest BCUT2D eigenvalue weighted by atomic mass is 35.5. The Morgan fingerprint density at radius 3 is 2.60 bits per heavy atom. The molecule has 0 aromatic heterocycles. The van der Waals surface area contributed by atoms with Crippen molar-refractivity contribution in [2.45, 2.75) is 32.2 Å². The predicted molar refractivity (Wildman–Crippen MR) is 96.9 cm³/mol. The molecule has 1 aliphatic heterocycles. The van der Waals surface area contributed by atoms with Gasteiger partial charge in [0.1, 0.15) is 5.82 Å². The third-order valence-corrected chi connectivity index (χ3v) is 5.34. The Bertz CT molecular complexity index is 772. The minimum Gasteiger partial charge on any atom is -0.395 e. The molecule has 132 valence electrons. The number of carbonyl (C=O) groups is 1. The van der Waals surface area contributed by atoms with E-state index in [-0.39, 0.29) is 24.4 Å². The number of halogens is 2. The summed E-state index contributed by atoms with van der Waals surface area (Å²) in [6, 6.07) is 12.1. The smallest absolute Gasteiger partial charge is 0.228 e. The molecule has 1 saturated heterocycles. The van der Waals surface area contributed by atoms with Gasteiger partial charge < -0.3 is 10.4 Å². The van der Waals surface area contributed by atoms with Gasteiger partial charge in [0.2, 0.25) is 5.91 Å². The first-order valence-electron chi connectivity index (χ1n) is 8.43. The molecule has 1 unspecified atom stereocenters. The molecule has 2 aromatic rings. The number of nitrogens with one attached hydrogen (secondary N) is 1. The number of carbonyl (C=O) groups excluding carboxylic acids is 1. The third kappa shape index (κ3) is 3.55. The molecule has 0 saturated carbocycles. The molecule has 1 fully saturated rings. The second kappa shape index (κ2) is 7.14. The molecule has 5 heteroatoms. The van der Waals surface area contributed by atoms with Crippen LogP contribution in [0, 0.1) is 11.2 Å². The van der Waals surface area contributed by atoms with Gasteiger partial charge in [-0.25, -0.2) is 4.39 Å². The van der Waals surface area contributed by atoms with Crippen LogP contribution in [0.5, 0.6) is 0 Å². The Hall–Kier alpha value is -1.91. The Morgan fingerprint density at radius 2 is 2.00 bits per heavy atom. The number of benzene rings is 2. The molecule has 0 aliphatic carbocycles. The van der Waals surface area contributed by atoms with Gasteiger partial charge in [0.05, 0.1) is 12.0 Å². The first-order chi connectivity index (χ1) is 12.0. The zero-order valence-electron chi connectivity index (χ0n) is 14.1. The topological polar surface area (TPSA) is 49.3 Å². The van der Waals surface area contributed by atoms with Crippen molar-refractivity contribution in [1.29, 1.82) is 0 Å². The third-order valence-electron chi connectivity index (χ3n) is 5.11. The molecule has 2 N–H and O–H groups in total. The van der Waals surface area contributed by atoms with E-state index in [2.05, 4.69) is 5.32 Å². The normalized spacial score (nSPS) is 22.9. The van der Waals surface area contributed by atoms with E-state index in [0.717, 1.165) is 11.1 Å². The fraction of sp³-hybridized carbons (Fsp3) is 0.350. The Morgan fingerprint density at radius 1 is 1.28 bits per heavy atom. The first kappa shape index (κ1) is 17.9. The van der Waals surface area contributed by atoms with Crippen molar-refractivity contribution in [3.05, 3.63) is 58.9 Å². The zero-order valence-corrected chi connectivity index (χ0v) is 14.8. The Kier molecular flexibility index (Phi) is 5.11. The van der Waals surface area contributed by atoms with Crippen molar-refractivity contribution in [2.75, 3.05) is 6.61 Å². The van der Waals surface area contributed by atoms with Gasteiger partial charge in [-0.15, -0.1) is 0 Å². The lowest BCUT2D eigenvalue weighted by Crippen LogP contribution is -2.34. The summed E-state index contributed by atoms with van der Waals surface area (Å²) in [6.07, 6.45) is 1.94. The van der Waals surface area contributed by atoms with Crippen molar-refractivity contribution in [3.63, 3.8) is 0 Å². The summed E-state index contributed by atoms with van der Waals surface area (Å²) in [5.41, 5.74) is 1.63. The highest BCUT2D eigenvalue weighted by molar-refractivity contribution is 6.30. The summed E-state index contributed by atoms with van der Waals surface area (Å²) in [7, 11) is 0. The van der Waals surface area contributed by atoms with Crippen LogP contribution in [0.4, 0.5) is 4.39 Å². The number of aliphatic hydroxyl groups is 1. The van der Waals surface area contributed by atoms with Crippen molar-refractivity contribution in [1.82, 2.24) is 5.32 Å². The molecule has 1 heterocycles. The molecule has 25 heavy (non-hydrogen) atoms. The van der Waals surface area contributed by atoms with Crippen LogP contribution in [0.1, 0.15) is 25.3 Å². The second-order valence-corrected chi connectivity index (χ2v) is 7.13. The van der Waals surface area contributed by atoms with Crippen LogP contribution in [0.2, 0.25) is 5.02 Å². The molecule has 0 radical (unpaired) electrons. The molecule has 2 atom stereocenters. The van der Waals surface area contributed by atoms with Gasteiger partial charge in [0.15, 0.2) is 0 Å². The minimum absolute atomic E-state index is 0.00774. The number of aliphatic hydroxyl groups excluding tert-OH is 1. The van der Waals surface area contributed by atoms with Crippen molar-refractivity contribution >= 4 is 17.5 Å². The van der Waals surface area contributed by atoms with Crippen LogP contribution in [0.25, 0.3) is 11.1 Å². The first-order valence-corrected chi connectivity index (χ1v) is 8.81. The van der Waals surface area contributed by atoms with Crippen molar-refractivity contribution in [2.24, 2.45) is 5.41 Å². The molecule has 2 aromatic carbocycles. The lowest BCUT2D eigenvalue weighted by molar-refractivity contribution is -0.129. The van der Waals surface area contributed by atoms with Gasteiger partial charge in [-0.2, -0.15) is 0 Å². The fourth-order valence-electron chi connectivity index (χ4n) is 3.45. The Balaban J connectivity index is 1.74. The summed E-state index contributed by atoms with van der Waals surface area (Å²) in [5, 5.41) is 13.1. The van der Waals surface area contributed by atoms with Gasteiger partial charge in [-0.05, 0) is 48.6 Å². The predicted octanol–water partition coefficient (Wildman–Crippen LogP) is 3.97. The highest BCUT2D eigenvalue weighted by Gasteiger charge is 2.44. The van der Waals surface area contributed by atoms with Crippen LogP contribution in [-0.2, 0) is 11.2 Å². The van der Waals surface area contributed by atoms with Crippen molar-refractivity contribution < 1.29 is 14.3 Å². The van der Waals surface area contributed by atoms with E-state index in [1.165, 1.54) is 12.1 Å². The molecule has 3 rings (SSSR count). The summed E-state index contributed by atoms with van der Waals surface area (Å²) < 4.78 is 14.0. The maximum atomic E-state index is 14.0. The summed E-state index contributed by atoms with van der Waals surface area (Å²) in [5.74, 6) is -0.379. The van der Waals surface area contributed by atoms with Crippen LogP contribution in [-0.4, -0.2) is 23.7 Å². The molecule has 0 spiro atoms. The highest BCUT2D eigenvalue weighted by Crippen LogP contribution is 2.34. The quantitative estimate of drug-likeness (QED) is 0.846. The number of hydrogen-bond donors (Lipinski definition) is 2. The monoisotopic (exact) mass is 361 g/mol. The second-order valence-electron chi connectivity index (χ2n) is 6.69. The van der Waals surface area contributed by atoms with Gasteiger partial charge in [-0.1, -0.05) is 42.8 Å². The van der Waals surface area contributed by atoms with Crippen LogP contribution in [0.15, 0.2) is 42.5 Å². The number of rotatable bonds is 5. The average molecular weight is 362 g/mol. The largest absolute Gasteiger partial charge is 0.395 e. The summed E-state index contributed by atoms with van der Waals surface area (Å²) >= 11 is 5.95. The average Bonchev–Trinajstić information content (AvgIpc) is 2.93. The lowest BCUT2D eigenvalue weighted by atomic mass is 9.82. The van der Waals surface area contributed by atoms with Gasteiger partial charge in [0.25, 0.3) is 0 Å². The van der Waals surface area contributed by atoms with Gasteiger partial charge >= 0.3 is 0 Å². The molecular weight excluding hydrogens is 341 g/mol. The molecule has 1 amide bonds. The molecule has 3 nitrogen and oxygen atoms in total. The summed E-state index contributed by atoms with van der Waals surface area (Å²) in [4.78, 5) is 12.1. The van der Waals surface area contributed by atoms with Crippen LogP contribution < -0.4 is 5.32 Å². The SMILES string of the molecule is CCC1(CO)C[C@@H](Cc2ccc(-c3cc(Cl)ccc3F)cc2)NC1=O. The summed E-state index contributed by atoms with van der Waals surface area (Å²) in [6.45, 7) is 1.80. The number of hydrogen-bond acceptors (Lipinski definition) is 2. The van der Waals surface area contributed by atoms with Gasteiger partial charge in [-0.3, -0.25) is 4.79 Å². The van der Waals surface area contributed by atoms with E-state index in [1.807, 2.05) is 31.2 Å². The van der Waals surface area contributed by atoms with E-state index >= 15 is 0 Å². The minimum atomic E-state index is -0.658. The maximum absolute atomic E-state index is 14.0. The molecule has 0 bridgehead atoms. The van der Waals surface area contributed by atoms with E-state index in [9.17, 15) is 14.3 Å². The zero-order chi connectivity index (χ0) is 18.0. The van der Waals surface area contributed by atoms with E-state index < -0.39 is 5.41 Å². The van der Waals surface area contributed by atoms with Crippen LogP contribution in [0.3, 0.4) is 0 Å². The van der Waals surface area contributed by atoms with E-state index in [0.29, 0.717) is 29.8 Å². The Labute approximate surface area is 151 Å². The van der Waals surface area contributed by atoms with Crippen LogP contribution >= 0.6 is 11.6 Å². The molecule has 1 aliphatic rings. The standard InChI is InChI=1S/C20H21ClFNO2/c1-2-20(12-24)11-16(23-19(20)25)9-13-3-5-14(6-4-13)17-10-15(21)7-8-18(17)22/h3-8,10,16,24H,2,9,11-12H2,1H3,(H,23,25)/t16-,20?/m1/s1. The van der Waals surface area contributed by atoms with Crippen molar-refractivity contribution in [3.8, 4) is 11.1 Å². The van der Waals surface area contributed by atoms with Gasteiger partial charge in [0, 0.05) is 16.6 Å². The van der Waals surface area contributed by atoms with E-state index in [4.69, 9.17) is 11.6 Å².